The Balaban J connectivity index is 2.45. The first-order valence-electron chi connectivity index (χ1n) is 6.69. The molecule has 104 valence electrons. The maximum absolute atomic E-state index is 11.5. The van der Waals surface area contributed by atoms with Crippen LogP contribution in [0.25, 0.3) is 0 Å². The summed E-state index contributed by atoms with van der Waals surface area (Å²) in [6, 6.07) is 0. The number of esters is 1. The van der Waals surface area contributed by atoms with E-state index in [0.717, 1.165) is 38.2 Å². The van der Waals surface area contributed by atoms with Crippen LogP contribution in [0.4, 0.5) is 0 Å². The summed E-state index contributed by atoms with van der Waals surface area (Å²) in [4.78, 5) is 13.8. The Morgan fingerprint density at radius 3 is 2.83 bits per heavy atom. The Morgan fingerprint density at radius 1 is 1.44 bits per heavy atom. The van der Waals surface area contributed by atoms with Gasteiger partial charge in [-0.05, 0) is 31.7 Å². The van der Waals surface area contributed by atoms with Gasteiger partial charge in [0.05, 0.1) is 13.7 Å². The second kappa shape index (κ2) is 8.27. The van der Waals surface area contributed by atoms with Gasteiger partial charge in [-0.15, -0.1) is 0 Å². The normalized spacial score (nSPS) is 21.9. The molecular weight excluding hydrogens is 230 g/mol. The zero-order chi connectivity index (χ0) is 13.4. The number of carbonyl (C=O) groups is 1. The summed E-state index contributed by atoms with van der Waals surface area (Å²) in [5.74, 6) is 0.420. The average Bonchev–Trinajstić information content (AvgIpc) is 2.40. The maximum atomic E-state index is 11.5. The van der Waals surface area contributed by atoms with Crippen LogP contribution in [0.15, 0.2) is 11.6 Å². The predicted octanol–water partition coefficient (Wildman–Crippen LogP) is 1.85. The summed E-state index contributed by atoms with van der Waals surface area (Å²) in [6.45, 7) is 5.81. The average molecular weight is 255 g/mol. The Morgan fingerprint density at radius 2 is 2.22 bits per heavy atom. The first kappa shape index (κ1) is 15.2. The minimum Gasteiger partial charge on any atom is -0.466 e. The van der Waals surface area contributed by atoms with Crippen LogP contribution in [0.2, 0.25) is 0 Å². The summed E-state index contributed by atoms with van der Waals surface area (Å²) < 4.78 is 9.97. The van der Waals surface area contributed by atoms with Gasteiger partial charge in [-0.2, -0.15) is 0 Å². The van der Waals surface area contributed by atoms with Crippen LogP contribution in [0, 0.1) is 5.92 Å². The fraction of sp³-hybridized carbons (Fsp3) is 0.786. The Kier molecular flexibility index (Phi) is 6.98. The Hall–Kier alpha value is -0.870. The number of hydrogen-bond donors (Lipinski definition) is 0. The van der Waals surface area contributed by atoms with E-state index >= 15 is 0 Å². The van der Waals surface area contributed by atoms with Gasteiger partial charge in [0.1, 0.15) is 0 Å². The van der Waals surface area contributed by atoms with E-state index in [1.54, 1.807) is 7.11 Å². The number of hydrogen-bond acceptors (Lipinski definition) is 4. The third-order valence-corrected chi connectivity index (χ3v) is 3.43. The molecule has 0 aliphatic carbocycles. The van der Waals surface area contributed by atoms with E-state index in [-0.39, 0.29) is 5.97 Å². The van der Waals surface area contributed by atoms with Gasteiger partial charge < -0.3 is 9.47 Å². The van der Waals surface area contributed by atoms with Crippen molar-refractivity contribution in [2.75, 3.05) is 40.5 Å². The van der Waals surface area contributed by atoms with Crippen molar-refractivity contribution in [1.29, 1.82) is 0 Å². The summed E-state index contributed by atoms with van der Waals surface area (Å²) in [7, 11) is 3.19. The fourth-order valence-corrected chi connectivity index (χ4v) is 2.43. The Bertz CT molecular complexity index is 287. The maximum Gasteiger partial charge on any atom is 0.333 e. The van der Waals surface area contributed by atoms with Crippen LogP contribution in [0.1, 0.15) is 26.2 Å². The molecular formula is C14H25NO3. The first-order chi connectivity index (χ1) is 8.71. The van der Waals surface area contributed by atoms with Crippen molar-refractivity contribution < 1.29 is 14.3 Å². The number of ether oxygens (including phenoxy) is 2. The van der Waals surface area contributed by atoms with Crippen LogP contribution in [-0.2, 0) is 14.3 Å². The molecule has 4 heteroatoms. The molecule has 0 aromatic carbocycles. The van der Waals surface area contributed by atoms with E-state index in [1.165, 1.54) is 20.0 Å². The highest BCUT2D eigenvalue weighted by Crippen LogP contribution is 2.16. The lowest BCUT2D eigenvalue weighted by molar-refractivity contribution is -0.136. The van der Waals surface area contributed by atoms with E-state index in [4.69, 9.17) is 9.47 Å². The number of nitrogens with zero attached hydrogens (tertiary/aromatic N) is 1. The van der Waals surface area contributed by atoms with Crippen molar-refractivity contribution in [2.24, 2.45) is 5.92 Å². The van der Waals surface area contributed by atoms with Crippen LogP contribution in [-0.4, -0.2) is 51.3 Å². The van der Waals surface area contributed by atoms with Crippen LogP contribution < -0.4 is 0 Å². The molecule has 1 aliphatic heterocycles. The molecule has 0 radical (unpaired) electrons. The minimum atomic E-state index is -0.206. The van der Waals surface area contributed by atoms with Crippen LogP contribution >= 0.6 is 0 Å². The molecule has 1 atom stereocenters. The van der Waals surface area contributed by atoms with Crippen molar-refractivity contribution in [2.45, 2.75) is 26.2 Å². The molecule has 0 N–H and O–H groups in total. The van der Waals surface area contributed by atoms with E-state index < -0.39 is 0 Å². The van der Waals surface area contributed by atoms with Gasteiger partial charge in [-0.3, -0.25) is 4.90 Å². The van der Waals surface area contributed by atoms with E-state index in [9.17, 15) is 4.79 Å². The van der Waals surface area contributed by atoms with Crippen LogP contribution in [0.5, 0.6) is 0 Å². The summed E-state index contributed by atoms with van der Waals surface area (Å²) >= 11 is 0. The molecule has 0 spiro atoms. The highest BCUT2D eigenvalue weighted by atomic mass is 16.5. The third-order valence-electron chi connectivity index (χ3n) is 3.43. The minimum absolute atomic E-state index is 0.206. The van der Waals surface area contributed by atoms with Gasteiger partial charge in [-0.25, -0.2) is 4.79 Å². The van der Waals surface area contributed by atoms with E-state index in [0.29, 0.717) is 5.92 Å². The molecule has 1 saturated heterocycles. The van der Waals surface area contributed by atoms with Gasteiger partial charge in [0.15, 0.2) is 0 Å². The van der Waals surface area contributed by atoms with Gasteiger partial charge >= 0.3 is 5.97 Å². The van der Waals surface area contributed by atoms with Crippen molar-refractivity contribution in [1.82, 2.24) is 4.90 Å². The predicted molar refractivity (Wildman–Crippen MR) is 71.4 cm³/mol. The lowest BCUT2D eigenvalue weighted by Crippen LogP contribution is -2.37. The molecule has 1 rings (SSSR count). The van der Waals surface area contributed by atoms with Crippen molar-refractivity contribution >= 4 is 5.97 Å². The molecule has 0 aromatic heterocycles. The molecule has 1 unspecified atom stereocenters. The first-order valence-corrected chi connectivity index (χ1v) is 6.69. The van der Waals surface area contributed by atoms with Crippen molar-refractivity contribution in [3.05, 3.63) is 11.6 Å². The quantitative estimate of drug-likeness (QED) is 0.536. The smallest absolute Gasteiger partial charge is 0.333 e. The largest absolute Gasteiger partial charge is 0.466 e. The number of rotatable bonds is 6. The van der Waals surface area contributed by atoms with Gasteiger partial charge in [-0.1, -0.05) is 13.0 Å². The molecule has 4 nitrogen and oxygen atoms in total. The van der Waals surface area contributed by atoms with Crippen LogP contribution in [0.3, 0.4) is 0 Å². The number of piperidine rings is 1. The monoisotopic (exact) mass is 255 g/mol. The molecule has 1 aliphatic rings. The van der Waals surface area contributed by atoms with Gasteiger partial charge in [0.25, 0.3) is 0 Å². The fourth-order valence-electron chi connectivity index (χ4n) is 2.43. The standard InChI is InChI=1S/C14H25NO3/c1-4-13(14(16)18-3)7-9-15-8-5-6-12(10-15)11-17-2/h7,12H,4-6,8-11H2,1-3H3. The highest BCUT2D eigenvalue weighted by molar-refractivity contribution is 5.88. The second-order valence-corrected chi connectivity index (χ2v) is 4.80. The third kappa shape index (κ3) is 4.78. The molecule has 0 saturated carbocycles. The Labute approximate surface area is 110 Å². The second-order valence-electron chi connectivity index (χ2n) is 4.80. The molecule has 1 heterocycles. The number of likely N-dealkylation sites (tertiary alicyclic amines) is 1. The van der Waals surface area contributed by atoms with E-state index in [1.807, 2.05) is 13.0 Å². The molecule has 0 aromatic rings. The lowest BCUT2D eigenvalue weighted by atomic mass is 9.99. The lowest BCUT2D eigenvalue weighted by Gasteiger charge is -2.31. The zero-order valence-electron chi connectivity index (χ0n) is 11.8. The van der Waals surface area contributed by atoms with Crippen molar-refractivity contribution in [3.63, 3.8) is 0 Å². The SMILES string of the molecule is CCC(=CCN1CCCC(COC)C1)C(=O)OC. The topological polar surface area (TPSA) is 38.8 Å². The molecule has 18 heavy (non-hydrogen) atoms. The molecule has 1 fully saturated rings. The summed E-state index contributed by atoms with van der Waals surface area (Å²) in [5.41, 5.74) is 0.770. The van der Waals surface area contributed by atoms with Crippen molar-refractivity contribution in [3.8, 4) is 0 Å². The number of carbonyl (C=O) groups excluding carboxylic acids is 1. The number of methoxy groups -OCH3 is 2. The zero-order valence-corrected chi connectivity index (χ0v) is 11.8. The van der Waals surface area contributed by atoms with E-state index in [2.05, 4.69) is 4.90 Å². The highest BCUT2D eigenvalue weighted by Gasteiger charge is 2.19. The summed E-state index contributed by atoms with van der Waals surface area (Å²) in [6.07, 6.45) is 5.18. The molecule has 0 bridgehead atoms. The molecule has 0 amide bonds. The van der Waals surface area contributed by atoms with Gasteiger partial charge in [0, 0.05) is 25.8 Å². The summed E-state index contributed by atoms with van der Waals surface area (Å²) in [5, 5.41) is 0. The van der Waals surface area contributed by atoms with Gasteiger partial charge in [0.2, 0.25) is 0 Å².